The lowest BCUT2D eigenvalue weighted by molar-refractivity contribution is 0.366. The van der Waals surface area contributed by atoms with Crippen LogP contribution in [0, 0.1) is 0 Å². The van der Waals surface area contributed by atoms with Crippen LogP contribution in [0.5, 0.6) is 11.5 Å². The Morgan fingerprint density at radius 2 is 1.50 bits per heavy atom. The summed E-state index contributed by atoms with van der Waals surface area (Å²) in [6, 6.07) is 4.44. The van der Waals surface area contributed by atoms with Gasteiger partial charge in [-0.25, -0.2) is 0 Å². The number of benzene rings is 1. The van der Waals surface area contributed by atoms with Crippen LogP contribution in [0.15, 0.2) is 12.1 Å². The Hall–Kier alpha value is -0.750. The van der Waals surface area contributed by atoms with E-state index in [1.807, 2.05) is 0 Å². The first-order valence-corrected chi connectivity index (χ1v) is 9.14. The highest BCUT2D eigenvalue weighted by Gasteiger charge is 2.32. The van der Waals surface area contributed by atoms with Crippen LogP contribution in [0.3, 0.4) is 0 Å². The molecule has 0 aliphatic carbocycles. The van der Waals surface area contributed by atoms with Crippen molar-refractivity contribution in [2.75, 3.05) is 14.2 Å². The van der Waals surface area contributed by atoms with Gasteiger partial charge in [-0.2, -0.15) is 0 Å². The van der Waals surface area contributed by atoms with Gasteiger partial charge in [0.2, 0.25) is 0 Å². The summed E-state index contributed by atoms with van der Waals surface area (Å²) >= 11 is 0. The molecule has 0 aromatic heterocycles. The van der Waals surface area contributed by atoms with Gasteiger partial charge in [-0.1, -0.05) is 34.1 Å². The molecule has 0 bridgehead atoms. The zero-order chi connectivity index (χ0) is 16.8. The average Bonchev–Trinajstić information content (AvgIpc) is 2.55. The van der Waals surface area contributed by atoms with E-state index in [4.69, 9.17) is 9.47 Å². The van der Waals surface area contributed by atoms with Gasteiger partial charge in [0.15, 0.2) is 0 Å². The summed E-state index contributed by atoms with van der Waals surface area (Å²) in [7, 11) is 6.59. The highest BCUT2D eigenvalue weighted by molar-refractivity contribution is 7.18. The lowest BCUT2D eigenvalue weighted by atomic mass is 9.85. The molecule has 1 aromatic carbocycles. The molecule has 0 N–H and O–H groups in total. The fourth-order valence-electron chi connectivity index (χ4n) is 3.34. The molecule has 0 aliphatic heterocycles. The molecule has 22 heavy (non-hydrogen) atoms. The summed E-state index contributed by atoms with van der Waals surface area (Å²) in [5, 5.41) is 0.0118. The second-order valence-corrected chi connectivity index (χ2v) is 7.18. The molecule has 1 rings (SSSR count). The Labute approximate surface area is 139 Å². The van der Waals surface area contributed by atoms with Crippen LogP contribution in [-0.4, -0.2) is 14.2 Å². The van der Waals surface area contributed by atoms with Crippen molar-refractivity contribution in [2.45, 2.75) is 70.9 Å². The van der Waals surface area contributed by atoms with Crippen molar-refractivity contribution in [2.24, 2.45) is 0 Å². The van der Waals surface area contributed by atoms with Gasteiger partial charge in [-0.15, -0.1) is 9.24 Å². The largest absolute Gasteiger partial charge is 0.496 e. The molecular weight excluding hydrogens is 291 g/mol. The molecule has 2 atom stereocenters. The molecule has 0 fully saturated rings. The molecule has 0 spiro atoms. The minimum atomic E-state index is 0.0118. The van der Waals surface area contributed by atoms with Crippen molar-refractivity contribution < 1.29 is 9.47 Å². The Kier molecular flexibility index (Phi) is 7.69. The molecule has 0 saturated carbocycles. The van der Waals surface area contributed by atoms with Gasteiger partial charge in [-0.05, 0) is 49.3 Å². The normalized spacial score (nSPS) is 14.0. The molecule has 1 aromatic rings. The number of ether oxygens (including phenoxy) is 2. The van der Waals surface area contributed by atoms with Crippen molar-refractivity contribution in [3.8, 4) is 11.5 Å². The number of hydrogen-bond acceptors (Lipinski definition) is 2. The fraction of sp³-hybridized carbons (Fsp3) is 0.684. The van der Waals surface area contributed by atoms with Crippen LogP contribution >= 0.6 is 9.24 Å². The van der Waals surface area contributed by atoms with Crippen LogP contribution in [0.2, 0.25) is 0 Å². The van der Waals surface area contributed by atoms with E-state index >= 15 is 0 Å². The van der Waals surface area contributed by atoms with E-state index in [0.717, 1.165) is 43.6 Å². The van der Waals surface area contributed by atoms with Crippen LogP contribution in [0.25, 0.3) is 0 Å². The number of rotatable bonds is 9. The molecule has 2 unspecified atom stereocenters. The topological polar surface area (TPSA) is 18.5 Å². The van der Waals surface area contributed by atoms with Gasteiger partial charge in [0.25, 0.3) is 0 Å². The SMILES string of the molecule is CCCC(P)(CC)c1c(OC)cc(C(CC)CC)cc1OC. The highest BCUT2D eigenvalue weighted by Crippen LogP contribution is 2.49. The predicted octanol–water partition coefficient (Wildman–Crippen LogP) is 5.89. The standard InChI is InChI=1S/C19H33O2P/c1-7-11-19(22,10-4)18-16(20-5)12-15(13-17(18)21-6)14(8-2)9-3/h12-14H,7-11,22H2,1-6H3. The monoisotopic (exact) mass is 324 g/mol. The molecule has 0 saturated heterocycles. The lowest BCUT2D eigenvalue weighted by Crippen LogP contribution is -2.19. The number of methoxy groups -OCH3 is 2. The first-order valence-electron chi connectivity index (χ1n) is 8.56. The van der Waals surface area contributed by atoms with E-state index in [1.165, 1.54) is 11.1 Å². The summed E-state index contributed by atoms with van der Waals surface area (Å²) in [6.07, 6.45) is 5.56. The first-order chi connectivity index (χ1) is 10.5. The predicted molar refractivity (Wildman–Crippen MR) is 99.5 cm³/mol. The van der Waals surface area contributed by atoms with E-state index < -0.39 is 0 Å². The maximum Gasteiger partial charge on any atom is 0.126 e. The summed E-state index contributed by atoms with van der Waals surface area (Å²) in [5.74, 6) is 2.49. The van der Waals surface area contributed by atoms with Crippen molar-refractivity contribution >= 4 is 9.24 Å². The van der Waals surface area contributed by atoms with E-state index in [-0.39, 0.29) is 5.16 Å². The Balaban J connectivity index is 3.50. The van der Waals surface area contributed by atoms with Gasteiger partial charge in [-0.3, -0.25) is 0 Å². The molecule has 0 amide bonds. The minimum absolute atomic E-state index is 0.0118. The summed E-state index contributed by atoms with van der Waals surface area (Å²) < 4.78 is 11.5. The summed E-state index contributed by atoms with van der Waals surface area (Å²) in [5.41, 5.74) is 2.52. The van der Waals surface area contributed by atoms with Gasteiger partial charge in [0.05, 0.1) is 14.2 Å². The Morgan fingerprint density at radius 1 is 1.00 bits per heavy atom. The Bertz CT molecular complexity index is 443. The Morgan fingerprint density at radius 3 is 1.82 bits per heavy atom. The fourth-order valence-corrected chi connectivity index (χ4v) is 3.92. The quantitative estimate of drug-likeness (QED) is 0.527. The van der Waals surface area contributed by atoms with E-state index in [9.17, 15) is 0 Å². The van der Waals surface area contributed by atoms with E-state index in [0.29, 0.717) is 5.92 Å². The van der Waals surface area contributed by atoms with Gasteiger partial charge < -0.3 is 9.47 Å². The van der Waals surface area contributed by atoms with Crippen LogP contribution < -0.4 is 9.47 Å². The zero-order valence-electron chi connectivity index (χ0n) is 15.2. The van der Waals surface area contributed by atoms with Crippen LogP contribution in [0.4, 0.5) is 0 Å². The molecule has 2 nitrogen and oxygen atoms in total. The van der Waals surface area contributed by atoms with Crippen molar-refractivity contribution in [1.82, 2.24) is 0 Å². The lowest BCUT2D eigenvalue weighted by Gasteiger charge is -2.32. The second kappa shape index (κ2) is 8.77. The van der Waals surface area contributed by atoms with E-state index in [1.54, 1.807) is 14.2 Å². The molecule has 0 aliphatic rings. The summed E-state index contributed by atoms with van der Waals surface area (Å²) in [6.45, 7) is 8.94. The highest BCUT2D eigenvalue weighted by atomic mass is 31.0. The first kappa shape index (κ1) is 19.3. The minimum Gasteiger partial charge on any atom is -0.496 e. The molecule has 3 heteroatoms. The second-order valence-electron chi connectivity index (χ2n) is 6.07. The van der Waals surface area contributed by atoms with E-state index in [2.05, 4.69) is 49.1 Å². The average molecular weight is 324 g/mol. The zero-order valence-corrected chi connectivity index (χ0v) is 16.3. The third kappa shape index (κ3) is 3.96. The van der Waals surface area contributed by atoms with Crippen molar-refractivity contribution in [3.05, 3.63) is 23.3 Å². The number of hydrogen-bond donors (Lipinski definition) is 0. The molecule has 0 radical (unpaired) electrons. The van der Waals surface area contributed by atoms with Crippen LogP contribution in [0.1, 0.15) is 76.8 Å². The summed E-state index contributed by atoms with van der Waals surface area (Å²) in [4.78, 5) is 0. The maximum absolute atomic E-state index is 5.77. The maximum atomic E-state index is 5.77. The van der Waals surface area contributed by atoms with Gasteiger partial charge >= 0.3 is 0 Å². The third-order valence-electron chi connectivity index (χ3n) is 4.81. The van der Waals surface area contributed by atoms with Crippen LogP contribution in [-0.2, 0) is 5.16 Å². The molecular formula is C19H33O2P. The molecule has 0 heterocycles. The smallest absolute Gasteiger partial charge is 0.126 e. The molecule has 126 valence electrons. The van der Waals surface area contributed by atoms with Crippen molar-refractivity contribution in [3.63, 3.8) is 0 Å². The van der Waals surface area contributed by atoms with Gasteiger partial charge in [0, 0.05) is 10.7 Å². The third-order valence-corrected chi connectivity index (χ3v) is 5.80. The van der Waals surface area contributed by atoms with Crippen molar-refractivity contribution in [1.29, 1.82) is 0 Å². The van der Waals surface area contributed by atoms with Gasteiger partial charge in [0.1, 0.15) is 11.5 Å².